The number of hydrogen-bond donors (Lipinski definition) is 3. The third kappa shape index (κ3) is 5.37. The molecule has 1 heterocycles. The highest BCUT2D eigenvalue weighted by Gasteiger charge is 2.31. The van der Waals surface area contributed by atoms with Gasteiger partial charge < -0.3 is 20.6 Å². The Bertz CT molecular complexity index is 411. The molecule has 3 N–H and O–H groups in total. The highest BCUT2D eigenvalue weighted by molar-refractivity contribution is 5.80. The Kier molecular flexibility index (Phi) is 6.69. The van der Waals surface area contributed by atoms with Gasteiger partial charge in [-0.25, -0.2) is 0 Å². The first kappa shape index (κ1) is 18.0. The van der Waals surface area contributed by atoms with Crippen LogP contribution in [0.5, 0.6) is 0 Å². The molecule has 1 saturated carbocycles. The standard InChI is InChI=1S/C17H32N4O2/c1-3-19-16(20-13-17(23)8-4-5-9-17)21-10-6-14(7-11-21)12-15(22)18-2/h14,23H,3-13H2,1-2H3,(H,18,22)(H,19,20). The largest absolute Gasteiger partial charge is 0.388 e. The molecule has 1 saturated heterocycles. The van der Waals surface area contributed by atoms with E-state index >= 15 is 0 Å². The highest BCUT2D eigenvalue weighted by atomic mass is 16.3. The van der Waals surface area contributed by atoms with Gasteiger partial charge in [0.15, 0.2) is 5.96 Å². The predicted octanol–water partition coefficient (Wildman–Crippen LogP) is 1.11. The van der Waals surface area contributed by atoms with Crippen LogP contribution >= 0.6 is 0 Å². The Morgan fingerprint density at radius 2 is 1.96 bits per heavy atom. The Morgan fingerprint density at radius 1 is 1.30 bits per heavy atom. The second-order valence-corrected chi connectivity index (χ2v) is 6.91. The van der Waals surface area contributed by atoms with Gasteiger partial charge in [0.2, 0.25) is 5.91 Å². The number of nitrogens with one attached hydrogen (secondary N) is 2. The Labute approximate surface area is 139 Å². The van der Waals surface area contributed by atoms with Gasteiger partial charge in [-0.15, -0.1) is 0 Å². The Morgan fingerprint density at radius 3 is 2.52 bits per heavy atom. The summed E-state index contributed by atoms with van der Waals surface area (Å²) in [7, 11) is 1.70. The van der Waals surface area contributed by atoms with E-state index < -0.39 is 5.60 Å². The first-order chi connectivity index (χ1) is 11.1. The molecule has 0 atom stereocenters. The van der Waals surface area contributed by atoms with Gasteiger partial charge in [0, 0.05) is 33.1 Å². The minimum Gasteiger partial charge on any atom is -0.388 e. The summed E-state index contributed by atoms with van der Waals surface area (Å²) in [6, 6.07) is 0. The molecule has 0 aromatic carbocycles. The summed E-state index contributed by atoms with van der Waals surface area (Å²) < 4.78 is 0. The second kappa shape index (κ2) is 8.52. The van der Waals surface area contributed by atoms with Crippen molar-refractivity contribution in [2.24, 2.45) is 10.9 Å². The number of likely N-dealkylation sites (tertiary alicyclic amines) is 1. The molecule has 0 spiro atoms. The molecule has 2 aliphatic rings. The molecule has 1 amide bonds. The van der Waals surface area contributed by atoms with Crippen molar-refractivity contribution < 1.29 is 9.90 Å². The molecule has 1 aliphatic carbocycles. The van der Waals surface area contributed by atoms with E-state index in [1.165, 1.54) is 0 Å². The first-order valence-corrected chi connectivity index (χ1v) is 9.02. The summed E-state index contributed by atoms with van der Waals surface area (Å²) in [6.07, 6.45) is 6.59. The maximum atomic E-state index is 11.5. The van der Waals surface area contributed by atoms with Crippen molar-refractivity contribution in [3.8, 4) is 0 Å². The molecule has 6 nitrogen and oxygen atoms in total. The number of hydrogen-bond acceptors (Lipinski definition) is 3. The van der Waals surface area contributed by atoms with Gasteiger partial charge in [-0.2, -0.15) is 0 Å². The van der Waals surface area contributed by atoms with Crippen LogP contribution in [0.25, 0.3) is 0 Å². The van der Waals surface area contributed by atoms with Crippen molar-refractivity contribution in [1.29, 1.82) is 0 Å². The zero-order valence-electron chi connectivity index (χ0n) is 14.6. The lowest BCUT2D eigenvalue weighted by molar-refractivity contribution is -0.121. The van der Waals surface area contributed by atoms with Crippen LogP contribution in [0, 0.1) is 5.92 Å². The first-order valence-electron chi connectivity index (χ1n) is 9.02. The van der Waals surface area contributed by atoms with E-state index in [1.807, 2.05) is 0 Å². The van der Waals surface area contributed by atoms with Crippen molar-refractivity contribution in [3.05, 3.63) is 0 Å². The predicted molar refractivity (Wildman–Crippen MR) is 92.4 cm³/mol. The molecule has 0 radical (unpaired) electrons. The highest BCUT2D eigenvalue weighted by Crippen LogP contribution is 2.29. The maximum absolute atomic E-state index is 11.5. The van der Waals surface area contributed by atoms with Crippen molar-refractivity contribution in [2.75, 3.05) is 33.2 Å². The molecule has 0 bridgehead atoms. The fraction of sp³-hybridized carbons (Fsp3) is 0.882. The summed E-state index contributed by atoms with van der Waals surface area (Å²) >= 11 is 0. The summed E-state index contributed by atoms with van der Waals surface area (Å²) in [5.41, 5.74) is -0.599. The second-order valence-electron chi connectivity index (χ2n) is 6.91. The van der Waals surface area contributed by atoms with Crippen LogP contribution in [-0.4, -0.2) is 60.7 Å². The molecule has 2 fully saturated rings. The monoisotopic (exact) mass is 324 g/mol. The number of carbonyl (C=O) groups excluding carboxylic acids is 1. The van der Waals surface area contributed by atoms with E-state index in [1.54, 1.807) is 7.05 Å². The lowest BCUT2D eigenvalue weighted by Crippen LogP contribution is -2.46. The van der Waals surface area contributed by atoms with Gasteiger partial charge >= 0.3 is 0 Å². The Hall–Kier alpha value is -1.30. The number of carbonyl (C=O) groups is 1. The number of nitrogens with zero attached hydrogens (tertiary/aromatic N) is 2. The fourth-order valence-electron chi connectivity index (χ4n) is 3.55. The third-order valence-corrected chi connectivity index (χ3v) is 5.06. The molecule has 6 heteroatoms. The van der Waals surface area contributed by atoms with Crippen LogP contribution in [0.3, 0.4) is 0 Å². The summed E-state index contributed by atoms with van der Waals surface area (Å²) in [6.45, 7) is 5.24. The maximum Gasteiger partial charge on any atom is 0.220 e. The van der Waals surface area contributed by atoms with E-state index in [2.05, 4.69) is 22.5 Å². The van der Waals surface area contributed by atoms with E-state index in [9.17, 15) is 9.90 Å². The number of amides is 1. The van der Waals surface area contributed by atoms with Crippen LogP contribution in [0.2, 0.25) is 0 Å². The minimum atomic E-state index is -0.599. The molecular formula is C17H32N4O2. The lowest BCUT2D eigenvalue weighted by Gasteiger charge is -2.34. The van der Waals surface area contributed by atoms with Crippen molar-refractivity contribution in [1.82, 2.24) is 15.5 Å². The molecular weight excluding hydrogens is 292 g/mol. The normalized spacial score (nSPS) is 22.2. The Balaban J connectivity index is 1.87. The summed E-state index contributed by atoms with van der Waals surface area (Å²) in [5, 5.41) is 16.5. The summed E-state index contributed by atoms with van der Waals surface area (Å²) in [4.78, 5) is 18.5. The number of piperidine rings is 1. The number of aliphatic hydroxyl groups is 1. The topological polar surface area (TPSA) is 77.0 Å². The van der Waals surface area contributed by atoms with E-state index in [4.69, 9.17) is 4.99 Å². The van der Waals surface area contributed by atoms with Crippen LogP contribution in [-0.2, 0) is 4.79 Å². The van der Waals surface area contributed by atoms with Gasteiger partial charge in [-0.1, -0.05) is 12.8 Å². The van der Waals surface area contributed by atoms with E-state index in [0.717, 1.165) is 64.1 Å². The quantitative estimate of drug-likeness (QED) is 0.523. The smallest absolute Gasteiger partial charge is 0.220 e. The fourth-order valence-corrected chi connectivity index (χ4v) is 3.55. The zero-order valence-corrected chi connectivity index (χ0v) is 14.6. The number of guanidine groups is 1. The minimum absolute atomic E-state index is 0.132. The average molecular weight is 324 g/mol. The van der Waals surface area contributed by atoms with Gasteiger partial charge in [0.05, 0.1) is 12.1 Å². The van der Waals surface area contributed by atoms with E-state index in [-0.39, 0.29) is 5.91 Å². The zero-order chi connectivity index (χ0) is 16.7. The number of aliphatic imine (C=N–C) groups is 1. The van der Waals surface area contributed by atoms with Crippen molar-refractivity contribution in [2.45, 2.75) is 57.5 Å². The molecule has 1 aliphatic heterocycles. The van der Waals surface area contributed by atoms with Crippen LogP contribution < -0.4 is 10.6 Å². The third-order valence-electron chi connectivity index (χ3n) is 5.06. The van der Waals surface area contributed by atoms with Gasteiger partial charge in [-0.3, -0.25) is 9.79 Å². The molecule has 0 unspecified atom stereocenters. The molecule has 0 aromatic rings. The van der Waals surface area contributed by atoms with Crippen LogP contribution in [0.15, 0.2) is 4.99 Å². The van der Waals surface area contributed by atoms with E-state index in [0.29, 0.717) is 18.9 Å². The lowest BCUT2D eigenvalue weighted by atomic mass is 9.93. The van der Waals surface area contributed by atoms with Crippen LogP contribution in [0.4, 0.5) is 0 Å². The molecule has 23 heavy (non-hydrogen) atoms. The van der Waals surface area contributed by atoms with Gasteiger partial charge in [0.25, 0.3) is 0 Å². The van der Waals surface area contributed by atoms with Gasteiger partial charge in [0.1, 0.15) is 0 Å². The average Bonchev–Trinajstić information content (AvgIpc) is 2.99. The van der Waals surface area contributed by atoms with Crippen molar-refractivity contribution in [3.63, 3.8) is 0 Å². The molecule has 2 rings (SSSR count). The SMILES string of the molecule is CCNC(=NCC1(O)CCCC1)N1CCC(CC(=O)NC)CC1. The van der Waals surface area contributed by atoms with Crippen molar-refractivity contribution >= 4 is 11.9 Å². The summed E-state index contributed by atoms with van der Waals surface area (Å²) in [5.74, 6) is 1.51. The number of rotatable bonds is 5. The van der Waals surface area contributed by atoms with Gasteiger partial charge in [-0.05, 0) is 38.5 Å². The molecule has 132 valence electrons. The molecule has 0 aromatic heterocycles. The van der Waals surface area contributed by atoms with Crippen LogP contribution in [0.1, 0.15) is 51.9 Å².